The smallest absolute Gasteiger partial charge is 0.104 e. The highest BCUT2D eigenvalue weighted by Crippen LogP contribution is 2.35. The number of rotatable bonds is 3. The van der Waals surface area contributed by atoms with Gasteiger partial charge >= 0.3 is 0 Å². The van der Waals surface area contributed by atoms with Gasteiger partial charge in [0.25, 0.3) is 0 Å². The maximum Gasteiger partial charge on any atom is 0.104 e. The molecular weight excluding hydrogens is 228 g/mol. The highest BCUT2D eigenvalue weighted by molar-refractivity contribution is 7.80. The Hall–Kier alpha value is -0.800. The van der Waals surface area contributed by atoms with Gasteiger partial charge in [0.1, 0.15) is 4.99 Å². The van der Waals surface area contributed by atoms with E-state index < -0.39 is 0 Å². The summed E-state index contributed by atoms with van der Waals surface area (Å²) in [6.07, 6.45) is 1.22. The van der Waals surface area contributed by atoms with Crippen molar-refractivity contribution in [2.45, 2.75) is 19.4 Å². The highest BCUT2D eigenvalue weighted by Gasteiger charge is 2.32. The van der Waals surface area contributed by atoms with Gasteiger partial charge in [0.2, 0.25) is 0 Å². The van der Waals surface area contributed by atoms with Crippen LogP contribution in [0.5, 0.6) is 0 Å². The quantitative estimate of drug-likeness (QED) is 0.798. The lowest BCUT2D eigenvalue weighted by atomic mass is 10.2. The van der Waals surface area contributed by atoms with E-state index in [0.29, 0.717) is 16.1 Å². The second kappa shape index (κ2) is 3.99. The van der Waals surface area contributed by atoms with E-state index in [1.54, 1.807) is 6.07 Å². The van der Waals surface area contributed by atoms with Gasteiger partial charge in [-0.1, -0.05) is 30.7 Å². The van der Waals surface area contributed by atoms with Crippen molar-refractivity contribution in [3.8, 4) is 0 Å². The van der Waals surface area contributed by atoms with Gasteiger partial charge in [-0.15, -0.1) is 0 Å². The topological polar surface area (TPSA) is 38.0 Å². The molecule has 2 atom stereocenters. The van der Waals surface area contributed by atoms with E-state index >= 15 is 0 Å². The molecule has 2 unspecified atom stereocenters. The maximum absolute atomic E-state index is 6.12. The molecule has 0 radical (unpaired) electrons. The Kier molecular flexibility index (Phi) is 2.85. The molecule has 3 N–H and O–H groups in total. The van der Waals surface area contributed by atoms with E-state index in [1.807, 2.05) is 12.1 Å². The van der Waals surface area contributed by atoms with Crippen molar-refractivity contribution in [3.63, 3.8) is 0 Å². The Morgan fingerprint density at radius 3 is 2.73 bits per heavy atom. The number of nitrogens with two attached hydrogens (primary N) is 1. The molecule has 2 nitrogen and oxygen atoms in total. The summed E-state index contributed by atoms with van der Waals surface area (Å²) in [7, 11) is 0. The number of anilines is 1. The summed E-state index contributed by atoms with van der Waals surface area (Å²) in [6.45, 7) is 2.22. The molecule has 0 aliphatic heterocycles. The van der Waals surface area contributed by atoms with E-state index in [4.69, 9.17) is 29.6 Å². The van der Waals surface area contributed by atoms with E-state index in [2.05, 4.69) is 12.2 Å². The van der Waals surface area contributed by atoms with Crippen LogP contribution in [-0.4, -0.2) is 11.0 Å². The molecule has 0 bridgehead atoms. The molecule has 15 heavy (non-hydrogen) atoms. The summed E-state index contributed by atoms with van der Waals surface area (Å²) in [5, 5.41) is 4.06. The van der Waals surface area contributed by atoms with Gasteiger partial charge in [0, 0.05) is 11.6 Å². The number of thiocarbonyl (C=S) groups is 1. The van der Waals surface area contributed by atoms with Crippen molar-refractivity contribution in [1.82, 2.24) is 0 Å². The lowest BCUT2D eigenvalue weighted by Crippen LogP contribution is -2.10. The van der Waals surface area contributed by atoms with Crippen LogP contribution in [0.15, 0.2) is 18.2 Å². The van der Waals surface area contributed by atoms with Gasteiger partial charge in [-0.25, -0.2) is 0 Å². The summed E-state index contributed by atoms with van der Waals surface area (Å²) in [4.78, 5) is 0.378. The zero-order valence-electron chi connectivity index (χ0n) is 8.46. The van der Waals surface area contributed by atoms with Crippen molar-refractivity contribution in [1.29, 1.82) is 0 Å². The van der Waals surface area contributed by atoms with E-state index in [-0.39, 0.29) is 0 Å². The summed E-state index contributed by atoms with van der Waals surface area (Å²) < 4.78 is 0. The van der Waals surface area contributed by atoms with E-state index in [1.165, 1.54) is 6.42 Å². The number of hydrogen-bond acceptors (Lipinski definition) is 2. The zero-order valence-corrected chi connectivity index (χ0v) is 10.0. The average Bonchev–Trinajstić information content (AvgIpc) is 2.85. The third-order valence-electron chi connectivity index (χ3n) is 2.70. The van der Waals surface area contributed by atoms with Gasteiger partial charge in [0.15, 0.2) is 0 Å². The molecule has 0 spiro atoms. The Morgan fingerprint density at radius 1 is 1.60 bits per heavy atom. The fourth-order valence-corrected chi connectivity index (χ4v) is 1.87. The minimum absolute atomic E-state index is 0.378. The molecule has 1 aromatic rings. The Morgan fingerprint density at radius 2 is 2.27 bits per heavy atom. The molecule has 1 aromatic carbocycles. The van der Waals surface area contributed by atoms with Crippen LogP contribution in [0.4, 0.5) is 5.69 Å². The van der Waals surface area contributed by atoms with Crippen molar-refractivity contribution < 1.29 is 0 Å². The molecule has 0 aromatic heterocycles. The average molecular weight is 241 g/mol. The number of hydrogen-bond donors (Lipinski definition) is 2. The van der Waals surface area contributed by atoms with Gasteiger partial charge < -0.3 is 11.1 Å². The van der Waals surface area contributed by atoms with Crippen LogP contribution in [-0.2, 0) is 0 Å². The first kappa shape index (κ1) is 10.7. The van der Waals surface area contributed by atoms with Crippen LogP contribution in [0.2, 0.25) is 5.02 Å². The summed E-state index contributed by atoms with van der Waals surface area (Å²) >= 11 is 11.0. The first-order valence-electron chi connectivity index (χ1n) is 4.94. The first-order chi connectivity index (χ1) is 7.08. The molecule has 4 heteroatoms. The predicted molar refractivity (Wildman–Crippen MR) is 68.5 cm³/mol. The molecule has 0 amide bonds. The van der Waals surface area contributed by atoms with Gasteiger partial charge in [-0.2, -0.15) is 0 Å². The molecule has 0 saturated heterocycles. The van der Waals surface area contributed by atoms with Crippen LogP contribution in [0.25, 0.3) is 0 Å². The predicted octanol–water partition coefficient (Wildman–Crippen LogP) is 2.79. The zero-order chi connectivity index (χ0) is 11.0. The summed E-state index contributed by atoms with van der Waals surface area (Å²) in [5.74, 6) is 0.747. The molecule has 0 heterocycles. The van der Waals surface area contributed by atoms with Crippen LogP contribution in [0, 0.1) is 5.92 Å². The summed E-state index contributed by atoms with van der Waals surface area (Å²) in [5.41, 5.74) is 7.29. The second-order valence-corrected chi connectivity index (χ2v) is 4.87. The lowest BCUT2D eigenvalue weighted by molar-refractivity contribution is 0.929. The molecule has 1 fully saturated rings. The lowest BCUT2D eigenvalue weighted by Gasteiger charge is -2.08. The number of benzene rings is 1. The third kappa shape index (κ3) is 2.41. The van der Waals surface area contributed by atoms with E-state index in [9.17, 15) is 0 Å². The highest BCUT2D eigenvalue weighted by atomic mass is 35.5. The van der Waals surface area contributed by atoms with E-state index in [0.717, 1.165) is 17.2 Å². The largest absolute Gasteiger partial charge is 0.389 e. The Bertz CT molecular complexity index is 406. The molecule has 1 aliphatic rings. The van der Waals surface area contributed by atoms with Crippen LogP contribution >= 0.6 is 23.8 Å². The SMILES string of the molecule is CC1CC1Nc1ccc(C(N)=S)cc1Cl. The number of halogens is 1. The van der Waals surface area contributed by atoms with Crippen LogP contribution in [0.3, 0.4) is 0 Å². The molecule has 1 saturated carbocycles. The standard InChI is InChI=1S/C11H13ClN2S/c1-6-4-10(6)14-9-3-2-7(11(13)15)5-8(9)12/h2-3,5-6,10,14H,4H2,1H3,(H2,13,15). The molecule has 80 valence electrons. The Balaban J connectivity index is 2.15. The molecule has 2 rings (SSSR count). The van der Waals surface area contributed by atoms with Crippen molar-refractivity contribution in [2.24, 2.45) is 11.7 Å². The molecular formula is C11H13ClN2S. The minimum atomic E-state index is 0.378. The normalized spacial score (nSPS) is 23.6. The van der Waals surface area contributed by atoms with Crippen molar-refractivity contribution in [2.75, 3.05) is 5.32 Å². The van der Waals surface area contributed by atoms with Crippen LogP contribution < -0.4 is 11.1 Å². The van der Waals surface area contributed by atoms with Gasteiger partial charge in [0.05, 0.1) is 10.7 Å². The van der Waals surface area contributed by atoms with Crippen molar-refractivity contribution in [3.05, 3.63) is 28.8 Å². The van der Waals surface area contributed by atoms with Gasteiger partial charge in [-0.05, 0) is 30.5 Å². The second-order valence-electron chi connectivity index (χ2n) is 4.02. The number of nitrogens with one attached hydrogen (secondary N) is 1. The fourth-order valence-electron chi connectivity index (χ4n) is 1.51. The maximum atomic E-state index is 6.12. The summed E-state index contributed by atoms with van der Waals surface area (Å²) in [6, 6.07) is 6.20. The third-order valence-corrected chi connectivity index (χ3v) is 3.25. The van der Waals surface area contributed by atoms with Crippen molar-refractivity contribution >= 4 is 34.5 Å². The fraction of sp³-hybridized carbons (Fsp3) is 0.364. The minimum Gasteiger partial charge on any atom is -0.389 e. The van der Waals surface area contributed by atoms with Crippen LogP contribution in [0.1, 0.15) is 18.9 Å². The first-order valence-corrected chi connectivity index (χ1v) is 5.72. The monoisotopic (exact) mass is 240 g/mol. The van der Waals surface area contributed by atoms with Gasteiger partial charge in [-0.3, -0.25) is 0 Å². The Labute approximate surface area is 99.8 Å². The molecule has 1 aliphatic carbocycles.